The summed E-state index contributed by atoms with van der Waals surface area (Å²) in [6.07, 6.45) is -0.0322. The number of rotatable bonds is 3. The molecule has 0 saturated carbocycles. The molecular weight excluding hydrogens is 361 g/mol. The number of anilines is 2. The highest BCUT2D eigenvalue weighted by molar-refractivity contribution is 5.96. The number of carbonyl (C=O) groups is 2. The van der Waals surface area contributed by atoms with Crippen molar-refractivity contribution in [3.63, 3.8) is 0 Å². The number of hydrogen-bond donors (Lipinski definition) is 1. The molecule has 2 aliphatic rings. The number of amides is 2. The van der Waals surface area contributed by atoms with Crippen LogP contribution in [0.1, 0.15) is 33.6 Å². The van der Waals surface area contributed by atoms with Crippen LogP contribution in [0.5, 0.6) is 5.75 Å². The predicted molar refractivity (Wildman–Crippen MR) is 104 cm³/mol. The Hall–Kier alpha value is -3.09. The summed E-state index contributed by atoms with van der Waals surface area (Å²) < 4.78 is 19.1. The lowest BCUT2D eigenvalue weighted by Gasteiger charge is -2.32. The van der Waals surface area contributed by atoms with Gasteiger partial charge in [-0.1, -0.05) is 0 Å². The number of benzene rings is 2. The highest BCUT2D eigenvalue weighted by Crippen LogP contribution is 2.37. The second-order valence-electron chi connectivity index (χ2n) is 7.06. The van der Waals surface area contributed by atoms with Crippen molar-refractivity contribution in [1.29, 1.82) is 0 Å². The third-order valence-electron chi connectivity index (χ3n) is 5.25. The van der Waals surface area contributed by atoms with Gasteiger partial charge in [0.1, 0.15) is 18.5 Å². The van der Waals surface area contributed by atoms with Crippen LogP contribution in [0.2, 0.25) is 0 Å². The van der Waals surface area contributed by atoms with Gasteiger partial charge in [0, 0.05) is 29.9 Å². The van der Waals surface area contributed by atoms with Gasteiger partial charge in [-0.15, -0.1) is 0 Å². The van der Waals surface area contributed by atoms with Crippen molar-refractivity contribution >= 4 is 23.2 Å². The molecule has 0 aromatic heterocycles. The van der Waals surface area contributed by atoms with E-state index in [0.717, 1.165) is 11.4 Å². The molecule has 4 rings (SSSR count). The van der Waals surface area contributed by atoms with Crippen molar-refractivity contribution in [2.75, 3.05) is 31.1 Å². The molecule has 2 N–H and O–H groups in total. The Morgan fingerprint density at radius 1 is 1.00 bits per heavy atom. The molecule has 28 heavy (non-hydrogen) atoms. The number of nitrogens with two attached hydrogens (primary N) is 1. The number of alkyl halides is 1. The molecule has 2 amide bonds. The maximum Gasteiger partial charge on any atom is 0.253 e. The lowest BCUT2D eigenvalue weighted by Crippen LogP contribution is -2.39. The zero-order chi connectivity index (χ0) is 19.7. The fourth-order valence-corrected chi connectivity index (χ4v) is 3.66. The molecule has 2 aromatic rings. The van der Waals surface area contributed by atoms with E-state index in [1.54, 1.807) is 29.2 Å². The lowest BCUT2D eigenvalue weighted by molar-refractivity contribution is 0.0666. The van der Waals surface area contributed by atoms with Crippen LogP contribution < -0.4 is 15.4 Å². The van der Waals surface area contributed by atoms with Crippen LogP contribution in [0.25, 0.3) is 0 Å². The molecule has 2 aromatic carbocycles. The fraction of sp³-hybridized carbons (Fsp3) is 0.333. The number of nitrogens with zero attached hydrogens (tertiary/aromatic N) is 2. The predicted octanol–water partition coefficient (Wildman–Crippen LogP) is 2.89. The molecule has 2 heterocycles. The number of ether oxygens (including phenoxy) is 1. The van der Waals surface area contributed by atoms with Crippen LogP contribution in [0.4, 0.5) is 15.8 Å². The molecule has 146 valence electrons. The first-order valence-electron chi connectivity index (χ1n) is 9.40. The summed E-state index contributed by atoms with van der Waals surface area (Å²) in [6.45, 7) is 2.02. The van der Waals surface area contributed by atoms with Crippen LogP contribution in [-0.2, 0) is 0 Å². The summed E-state index contributed by atoms with van der Waals surface area (Å²) >= 11 is 0. The van der Waals surface area contributed by atoms with Gasteiger partial charge < -0.3 is 20.3 Å². The van der Waals surface area contributed by atoms with Gasteiger partial charge in [-0.25, -0.2) is 4.39 Å². The largest absolute Gasteiger partial charge is 0.490 e. The van der Waals surface area contributed by atoms with Crippen molar-refractivity contribution in [2.45, 2.75) is 19.0 Å². The number of hydrogen-bond acceptors (Lipinski definition) is 4. The zero-order valence-corrected chi connectivity index (χ0v) is 15.4. The van der Waals surface area contributed by atoms with Gasteiger partial charge in [0.05, 0.1) is 12.2 Å². The van der Waals surface area contributed by atoms with E-state index in [0.29, 0.717) is 56.0 Å². The average molecular weight is 383 g/mol. The minimum atomic E-state index is -0.814. The van der Waals surface area contributed by atoms with E-state index in [9.17, 15) is 14.0 Å². The van der Waals surface area contributed by atoms with Crippen LogP contribution in [0.3, 0.4) is 0 Å². The van der Waals surface area contributed by atoms with E-state index in [4.69, 9.17) is 10.5 Å². The number of carbonyl (C=O) groups excluding carboxylic acids is 2. The van der Waals surface area contributed by atoms with Crippen molar-refractivity contribution in [3.8, 4) is 5.75 Å². The Morgan fingerprint density at radius 3 is 2.36 bits per heavy atom. The highest BCUT2D eigenvalue weighted by Gasteiger charge is 2.26. The van der Waals surface area contributed by atoms with Gasteiger partial charge in [-0.3, -0.25) is 9.59 Å². The van der Waals surface area contributed by atoms with Crippen LogP contribution in [0, 0.1) is 0 Å². The molecule has 7 heteroatoms. The molecule has 0 aliphatic carbocycles. The third-order valence-corrected chi connectivity index (χ3v) is 5.25. The topological polar surface area (TPSA) is 75.9 Å². The second-order valence-corrected chi connectivity index (χ2v) is 7.06. The summed E-state index contributed by atoms with van der Waals surface area (Å²) in [7, 11) is 0. The second kappa shape index (κ2) is 7.50. The molecule has 6 nitrogen and oxygen atoms in total. The molecule has 2 aliphatic heterocycles. The highest BCUT2D eigenvalue weighted by atomic mass is 19.1. The Balaban J connectivity index is 1.57. The van der Waals surface area contributed by atoms with E-state index in [-0.39, 0.29) is 5.91 Å². The maximum absolute atomic E-state index is 13.3. The minimum absolute atomic E-state index is 0.0961. The van der Waals surface area contributed by atoms with Crippen molar-refractivity contribution in [2.24, 2.45) is 5.73 Å². The average Bonchev–Trinajstić information content (AvgIpc) is 2.73. The van der Waals surface area contributed by atoms with Crippen molar-refractivity contribution in [3.05, 3.63) is 53.6 Å². The molecule has 0 radical (unpaired) electrons. The Morgan fingerprint density at radius 2 is 1.68 bits per heavy atom. The Kier molecular flexibility index (Phi) is 4.90. The summed E-state index contributed by atoms with van der Waals surface area (Å²) in [4.78, 5) is 27.8. The van der Waals surface area contributed by atoms with Crippen LogP contribution >= 0.6 is 0 Å². The van der Waals surface area contributed by atoms with Gasteiger partial charge in [0.15, 0.2) is 0 Å². The van der Waals surface area contributed by atoms with Gasteiger partial charge in [-0.2, -0.15) is 0 Å². The molecule has 1 fully saturated rings. The van der Waals surface area contributed by atoms with Crippen molar-refractivity contribution < 1.29 is 18.7 Å². The Labute approximate surface area is 162 Å². The first-order valence-corrected chi connectivity index (χ1v) is 9.40. The van der Waals surface area contributed by atoms with E-state index >= 15 is 0 Å². The molecule has 0 unspecified atom stereocenters. The first-order chi connectivity index (χ1) is 13.5. The molecule has 1 saturated heterocycles. The van der Waals surface area contributed by atoms with Crippen LogP contribution in [-0.4, -0.2) is 49.1 Å². The maximum atomic E-state index is 13.3. The van der Waals surface area contributed by atoms with Crippen LogP contribution in [0.15, 0.2) is 42.5 Å². The number of fused-ring (bicyclic) bond motifs is 1. The number of primary amides is 1. The lowest BCUT2D eigenvalue weighted by atomic mass is 10.1. The van der Waals surface area contributed by atoms with E-state index in [2.05, 4.69) is 4.90 Å². The molecule has 0 atom stereocenters. The van der Waals surface area contributed by atoms with Gasteiger partial charge in [-0.05, 0) is 55.3 Å². The molecule has 0 bridgehead atoms. The van der Waals surface area contributed by atoms with E-state index < -0.39 is 12.1 Å². The normalized spacial score (nSPS) is 17.0. The smallest absolute Gasteiger partial charge is 0.253 e. The Bertz CT molecular complexity index is 892. The number of piperidine rings is 1. The van der Waals surface area contributed by atoms with Crippen molar-refractivity contribution in [1.82, 2.24) is 4.90 Å². The summed E-state index contributed by atoms with van der Waals surface area (Å²) in [6, 6.07) is 12.5. The standard InChI is InChI=1S/C21H22FN3O3/c22-16-7-9-24(10-8-16)21(27)15-3-6-18-19(13-15)28-12-11-25(18)17-4-1-14(2-5-17)20(23)26/h1-6,13,16H,7-12H2,(H2,23,26). The van der Waals surface area contributed by atoms with E-state index in [1.807, 2.05) is 18.2 Å². The summed E-state index contributed by atoms with van der Waals surface area (Å²) in [5.74, 6) is 0.0755. The third kappa shape index (κ3) is 3.52. The van der Waals surface area contributed by atoms with Gasteiger partial charge in [0.25, 0.3) is 5.91 Å². The van der Waals surface area contributed by atoms with E-state index in [1.165, 1.54) is 0 Å². The fourth-order valence-electron chi connectivity index (χ4n) is 3.66. The number of likely N-dealkylation sites (tertiary alicyclic amines) is 1. The monoisotopic (exact) mass is 383 g/mol. The SMILES string of the molecule is NC(=O)c1ccc(N2CCOc3cc(C(=O)N4CCC(F)CC4)ccc32)cc1. The summed E-state index contributed by atoms with van der Waals surface area (Å²) in [5, 5.41) is 0. The number of halogens is 1. The van der Waals surface area contributed by atoms with Gasteiger partial charge in [0.2, 0.25) is 5.91 Å². The van der Waals surface area contributed by atoms with Gasteiger partial charge >= 0.3 is 0 Å². The quantitative estimate of drug-likeness (QED) is 0.884. The zero-order valence-electron chi connectivity index (χ0n) is 15.4. The molecule has 0 spiro atoms. The molecular formula is C21H22FN3O3. The first kappa shape index (κ1) is 18.3. The minimum Gasteiger partial charge on any atom is -0.490 e. The summed E-state index contributed by atoms with van der Waals surface area (Å²) in [5.41, 5.74) is 8.07.